The summed E-state index contributed by atoms with van der Waals surface area (Å²) in [7, 11) is 0. The standard InChI is InChI=1S/C13H21NO2.C2H6/c1-4-5-10-16-12-6-8-14(9-7-12)13(15)11(2)3;1-2/h11-12H,6-10H2,1-3H3;1-2H3. The molecule has 3 heteroatoms. The van der Waals surface area contributed by atoms with Crippen LogP contribution in [0.5, 0.6) is 0 Å². The average molecular weight is 253 g/mol. The number of hydrogen-bond acceptors (Lipinski definition) is 2. The van der Waals surface area contributed by atoms with Gasteiger partial charge in [-0.15, -0.1) is 5.92 Å². The van der Waals surface area contributed by atoms with Crippen molar-refractivity contribution >= 4 is 5.91 Å². The maximum atomic E-state index is 11.7. The van der Waals surface area contributed by atoms with Crippen molar-refractivity contribution in [1.82, 2.24) is 4.90 Å². The molecule has 0 aliphatic carbocycles. The Labute approximate surface area is 112 Å². The van der Waals surface area contributed by atoms with Crippen LogP contribution in [-0.4, -0.2) is 36.6 Å². The summed E-state index contributed by atoms with van der Waals surface area (Å²) in [5.74, 6) is 6.06. The molecule has 3 nitrogen and oxygen atoms in total. The molecule has 0 N–H and O–H groups in total. The van der Waals surface area contributed by atoms with Crippen LogP contribution >= 0.6 is 0 Å². The highest BCUT2D eigenvalue weighted by Crippen LogP contribution is 2.15. The third-order valence-corrected chi connectivity index (χ3v) is 2.82. The number of carbonyl (C=O) groups excluding carboxylic acids is 1. The van der Waals surface area contributed by atoms with Crippen molar-refractivity contribution < 1.29 is 9.53 Å². The molecule has 104 valence electrons. The first-order chi connectivity index (χ1) is 8.65. The van der Waals surface area contributed by atoms with Crippen LogP contribution in [0.3, 0.4) is 0 Å². The van der Waals surface area contributed by atoms with Crippen LogP contribution in [-0.2, 0) is 9.53 Å². The first-order valence-electron chi connectivity index (χ1n) is 6.95. The fourth-order valence-electron chi connectivity index (χ4n) is 1.84. The van der Waals surface area contributed by atoms with Crippen molar-refractivity contribution in [3.05, 3.63) is 0 Å². The Morgan fingerprint density at radius 1 is 1.33 bits per heavy atom. The van der Waals surface area contributed by atoms with Crippen molar-refractivity contribution in [2.75, 3.05) is 19.7 Å². The normalized spacial score (nSPS) is 15.6. The van der Waals surface area contributed by atoms with Gasteiger partial charge in [0.05, 0.1) is 6.10 Å². The number of piperidine rings is 1. The molecule has 1 fully saturated rings. The van der Waals surface area contributed by atoms with Gasteiger partial charge in [0, 0.05) is 19.0 Å². The highest BCUT2D eigenvalue weighted by molar-refractivity contribution is 5.78. The minimum Gasteiger partial charge on any atom is -0.365 e. The van der Waals surface area contributed by atoms with Crippen molar-refractivity contribution in [3.63, 3.8) is 0 Å². The summed E-state index contributed by atoms with van der Waals surface area (Å²) in [6.07, 6.45) is 2.14. The first-order valence-corrected chi connectivity index (χ1v) is 6.95. The zero-order chi connectivity index (χ0) is 14.0. The lowest BCUT2D eigenvalue weighted by Gasteiger charge is -2.32. The minimum absolute atomic E-state index is 0.100. The largest absolute Gasteiger partial charge is 0.365 e. The molecule has 0 radical (unpaired) electrons. The molecule has 0 aromatic carbocycles. The number of amides is 1. The van der Waals surface area contributed by atoms with Gasteiger partial charge in [-0.1, -0.05) is 33.6 Å². The van der Waals surface area contributed by atoms with E-state index in [2.05, 4.69) is 11.8 Å². The van der Waals surface area contributed by atoms with Crippen LogP contribution in [0.2, 0.25) is 0 Å². The molecule has 1 aliphatic rings. The highest BCUT2D eigenvalue weighted by atomic mass is 16.5. The lowest BCUT2D eigenvalue weighted by molar-refractivity contribution is -0.136. The number of hydrogen-bond donors (Lipinski definition) is 0. The Balaban J connectivity index is 0.00000137. The fraction of sp³-hybridized carbons (Fsp3) is 0.800. The molecule has 0 aromatic heterocycles. The van der Waals surface area contributed by atoms with Crippen molar-refractivity contribution in [2.24, 2.45) is 5.92 Å². The lowest BCUT2D eigenvalue weighted by Crippen LogP contribution is -2.42. The van der Waals surface area contributed by atoms with E-state index < -0.39 is 0 Å². The predicted molar refractivity (Wildman–Crippen MR) is 75.2 cm³/mol. The van der Waals surface area contributed by atoms with E-state index in [0.717, 1.165) is 25.9 Å². The molecular weight excluding hydrogens is 226 g/mol. The van der Waals surface area contributed by atoms with Crippen LogP contribution in [0.4, 0.5) is 0 Å². The van der Waals surface area contributed by atoms with Gasteiger partial charge in [0.2, 0.25) is 5.91 Å². The zero-order valence-corrected chi connectivity index (χ0v) is 12.5. The second-order valence-corrected chi connectivity index (χ2v) is 4.42. The van der Waals surface area contributed by atoms with Gasteiger partial charge in [0.1, 0.15) is 6.61 Å². The molecule has 1 heterocycles. The summed E-state index contributed by atoms with van der Waals surface area (Å²) in [5.41, 5.74) is 0. The third-order valence-electron chi connectivity index (χ3n) is 2.82. The van der Waals surface area contributed by atoms with E-state index in [1.807, 2.05) is 39.5 Å². The molecule has 0 aromatic rings. The molecule has 1 saturated heterocycles. The Hall–Kier alpha value is -1.01. The van der Waals surface area contributed by atoms with Gasteiger partial charge in [0.15, 0.2) is 0 Å². The van der Waals surface area contributed by atoms with E-state index in [9.17, 15) is 4.79 Å². The number of likely N-dealkylation sites (tertiary alicyclic amines) is 1. The van der Waals surface area contributed by atoms with E-state index in [0.29, 0.717) is 6.61 Å². The predicted octanol–water partition coefficient (Wildman–Crippen LogP) is 2.70. The minimum atomic E-state index is 0.100. The fourth-order valence-corrected chi connectivity index (χ4v) is 1.84. The SMILES string of the molecule is CC.CC#CCOC1CCN(C(=O)C(C)C)CC1. The summed E-state index contributed by atoms with van der Waals surface area (Å²) < 4.78 is 5.60. The number of carbonyl (C=O) groups is 1. The molecule has 0 spiro atoms. The van der Waals surface area contributed by atoms with Gasteiger partial charge >= 0.3 is 0 Å². The smallest absolute Gasteiger partial charge is 0.225 e. The Bertz CT molecular complexity index is 281. The van der Waals surface area contributed by atoms with Gasteiger partial charge in [0.25, 0.3) is 0 Å². The van der Waals surface area contributed by atoms with Gasteiger partial charge in [-0.25, -0.2) is 0 Å². The summed E-state index contributed by atoms with van der Waals surface area (Å²) in [6, 6.07) is 0. The third kappa shape index (κ3) is 6.07. The van der Waals surface area contributed by atoms with Gasteiger partial charge in [-0.2, -0.15) is 0 Å². The molecular formula is C15H27NO2. The van der Waals surface area contributed by atoms with E-state index in [4.69, 9.17) is 4.74 Å². The van der Waals surface area contributed by atoms with Gasteiger partial charge in [-0.05, 0) is 19.8 Å². The molecule has 0 saturated carbocycles. The van der Waals surface area contributed by atoms with Crippen molar-refractivity contribution in [3.8, 4) is 11.8 Å². The zero-order valence-electron chi connectivity index (χ0n) is 12.5. The molecule has 0 unspecified atom stereocenters. The first kappa shape index (κ1) is 17.0. The topological polar surface area (TPSA) is 29.5 Å². The molecule has 0 atom stereocenters. The number of ether oxygens (including phenoxy) is 1. The van der Waals surface area contributed by atoms with E-state index in [1.165, 1.54) is 0 Å². The maximum Gasteiger partial charge on any atom is 0.225 e. The van der Waals surface area contributed by atoms with Crippen molar-refractivity contribution in [2.45, 2.75) is 53.6 Å². The van der Waals surface area contributed by atoms with Crippen molar-refractivity contribution in [1.29, 1.82) is 0 Å². The number of rotatable bonds is 3. The second kappa shape index (κ2) is 9.96. The summed E-state index contributed by atoms with van der Waals surface area (Å²) in [4.78, 5) is 13.7. The second-order valence-electron chi connectivity index (χ2n) is 4.42. The monoisotopic (exact) mass is 253 g/mol. The summed E-state index contributed by atoms with van der Waals surface area (Å²) in [5, 5.41) is 0. The Morgan fingerprint density at radius 3 is 2.33 bits per heavy atom. The molecule has 1 rings (SSSR count). The summed E-state index contributed by atoms with van der Waals surface area (Å²) in [6.45, 7) is 11.9. The van der Waals surface area contributed by atoms with E-state index in [-0.39, 0.29) is 17.9 Å². The van der Waals surface area contributed by atoms with Crippen LogP contribution in [0.15, 0.2) is 0 Å². The van der Waals surface area contributed by atoms with Gasteiger partial charge in [-0.3, -0.25) is 4.79 Å². The molecule has 1 aliphatic heterocycles. The molecule has 1 amide bonds. The maximum absolute atomic E-state index is 11.7. The quantitative estimate of drug-likeness (QED) is 0.724. The summed E-state index contributed by atoms with van der Waals surface area (Å²) >= 11 is 0. The highest BCUT2D eigenvalue weighted by Gasteiger charge is 2.24. The van der Waals surface area contributed by atoms with Gasteiger partial charge < -0.3 is 9.64 Å². The lowest BCUT2D eigenvalue weighted by atomic mass is 10.1. The Kier molecular flexibility index (Phi) is 9.40. The average Bonchev–Trinajstić information content (AvgIpc) is 2.41. The molecule has 0 bridgehead atoms. The van der Waals surface area contributed by atoms with E-state index >= 15 is 0 Å². The van der Waals surface area contributed by atoms with Crippen LogP contribution in [0.25, 0.3) is 0 Å². The van der Waals surface area contributed by atoms with Crippen LogP contribution in [0.1, 0.15) is 47.5 Å². The van der Waals surface area contributed by atoms with Crippen LogP contribution < -0.4 is 0 Å². The number of nitrogens with zero attached hydrogens (tertiary/aromatic N) is 1. The van der Waals surface area contributed by atoms with E-state index in [1.54, 1.807) is 0 Å². The molecule has 18 heavy (non-hydrogen) atoms. The Morgan fingerprint density at radius 2 is 1.89 bits per heavy atom. The van der Waals surface area contributed by atoms with Crippen LogP contribution in [0, 0.1) is 17.8 Å².